The van der Waals surface area contributed by atoms with Crippen LogP contribution in [0, 0.1) is 11.8 Å². The van der Waals surface area contributed by atoms with Crippen molar-refractivity contribution in [2.75, 3.05) is 7.05 Å². The average Bonchev–Trinajstić information content (AvgIpc) is 2.80. The number of benzene rings is 2. The molecule has 3 N–H and O–H groups in total. The number of hydrogen-bond acceptors (Lipinski definition) is 4. The van der Waals surface area contributed by atoms with E-state index in [1.807, 2.05) is 100 Å². The van der Waals surface area contributed by atoms with Crippen molar-refractivity contribution < 1.29 is 19.8 Å². The summed E-state index contributed by atoms with van der Waals surface area (Å²) in [5.74, 6) is -1.22. The van der Waals surface area contributed by atoms with Crippen molar-refractivity contribution in [3.8, 4) is 0 Å². The number of hydrogen-bond donors (Lipinski definition) is 3. The van der Waals surface area contributed by atoms with Crippen LogP contribution in [0.15, 0.2) is 60.7 Å². The Morgan fingerprint density at radius 3 is 1.66 bits per heavy atom. The first-order valence-corrected chi connectivity index (χ1v) is 11.7. The molecule has 2 rings (SSSR count). The summed E-state index contributed by atoms with van der Waals surface area (Å²) in [4.78, 5) is 24.3. The molecule has 0 aliphatic rings. The Hall–Kier alpha value is -2.70. The van der Waals surface area contributed by atoms with Crippen molar-refractivity contribution in [2.24, 2.45) is 11.8 Å². The number of carboxylic acid groups (broad SMARTS) is 2. The molecule has 0 spiro atoms. The average molecular weight is 489 g/mol. The van der Waals surface area contributed by atoms with Crippen LogP contribution in [0.1, 0.15) is 66.5 Å². The van der Waals surface area contributed by atoms with Gasteiger partial charge in [0.2, 0.25) is 0 Å². The van der Waals surface area contributed by atoms with Crippen LogP contribution < -0.4 is 5.32 Å². The SMILES string of the molecule is C.C.CC[C@H](C)[C@@H](C(=O)O)N(C)Cc1ccccc1.CC[C@H](C)[C@H](NCc1ccccc1)C(=O)O. The summed E-state index contributed by atoms with van der Waals surface area (Å²) in [5, 5.41) is 21.5. The molecule has 0 radical (unpaired) electrons. The van der Waals surface area contributed by atoms with Gasteiger partial charge < -0.3 is 15.5 Å². The zero-order valence-electron chi connectivity index (χ0n) is 20.6. The van der Waals surface area contributed by atoms with Crippen LogP contribution in [-0.4, -0.2) is 46.2 Å². The summed E-state index contributed by atoms with van der Waals surface area (Å²) in [5.41, 5.74) is 2.25. The predicted octanol–water partition coefficient (Wildman–Crippen LogP) is 6.17. The Labute approximate surface area is 213 Å². The molecule has 0 aliphatic carbocycles. The molecule has 0 bridgehead atoms. The minimum atomic E-state index is -0.773. The number of likely N-dealkylation sites (N-methyl/N-ethyl adjacent to an activating group) is 1. The second kappa shape index (κ2) is 18.6. The number of rotatable bonds is 12. The zero-order valence-corrected chi connectivity index (χ0v) is 20.6. The third kappa shape index (κ3) is 12.5. The second-order valence-electron chi connectivity index (χ2n) is 8.64. The van der Waals surface area contributed by atoms with Gasteiger partial charge in [-0.1, -0.05) is 116 Å². The highest BCUT2D eigenvalue weighted by Crippen LogP contribution is 2.16. The number of nitrogens with one attached hydrogen (secondary N) is 1. The molecule has 0 amide bonds. The maximum Gasteiger partial charge on any atom is 0.321 e. The second-order valence-corrected chi connectivity index (χ2v) is 8.64. The fraction of sp³-hybridized carbons (Fsp3) is 0.517. The van der Waals surface area contributed by atoms with Gasteiger partial charge in [0.1, 0.15) is 12.1 Å². The monoisotopic (exact) mass is 488 g/mol. The highest BCUT2D eigenvalue weighted by Gasteiger charge is 2.27. The molecule has 6 heteroatoms. The summed E-state index contributed by atoms with van der Waals surface area (Å²) in [6.45, 7) is 9.24. The third-order valence-corrected chi connectivity index (χ3v) is 6.03. The van der Waals surface area contributed by atoms with E-state index in [0.717, 1.165) is 24.0 Å². The largest absolute Gasteiger partial charge is 0.480 e. The molecule has 0 aromatic heterocycles. The summed E-state index contributed by atoms with van der Waals surface area (Å²) in [7, 11) is 1.87. The van der Waals surface area contributed by atoms with E-state index in [1.54, 1.807) is 0 Å². The summed E-state index contributed by atoms with van der Waals surface area (Å²) in [6, 6.07) is 18.9. The number of carbonyl (C=O) groups is 2. The lowest BCUT2D eigenvalue weighted by Crippen LogP contribution is -2.42. The van der Waals surface area contributed by atoms with Crippen LogP contribution in [0.2, 0.25) is 0 Å². The molecule has 2 aromatic carbocycles. The topological polar surface area (TPSA) is 89.9 Å². The van der Waals surface area contributed by atoms with E-state index >= 15 is 0 Å². The minimum absolute atomic E-state index is 0. The lowest BCUT2D eigenvalue weighted by Gasteiger charge is -2.29. The molecule has 0 saturated carbocycles. The first-order valence-electron chi connectivity index (χ1n) is 11.7. The van der Waals surface area contributed by atoms with Crippen molar-refractivity contribution in [2.45, 2.75) is 80.6 Å². The Balaban J connectivity index is 0. The quantitative estimate of drug-likeness (QED) is 0.331. The molecule has 0 aliphatic heterocycles. The lowest BCUT2D eigenvalue weighted by atomic mass is 9.97. The predicted molar refractivity (Wildman–Crippen MR) is 146 cm³/mol. The summed E-state index contributed by atoms with van der Waals surface area (Å²) < 4.78 is 0. The van der Waals surface area contributed by atoms with Crippen molar-refractivity contribution in [3.63, 3.8) is 0 Å². The normalized spacial score (nSPS) is 13.7. The molecular weight excluding hydrogens is 440 g/mol. The van der Waals surface area contributed by atoms with E-state index in [1.165, 1.54) is 0 Å². The van der Waals surface area contributed by atoms with Gasteiger partial charge in [-0.25, -0.2) is 0 Å². The van der Waals surface area contributed by atoms with Crippen molar-refractivity contribution in [1.29, 1.82) is 0 Å². The van der Waals surface area contributed by atoms with Gasteiger partial charge in [0.25, 0.3) is 0 Å². The van der Waals surface area contributed by atoms with Gasteiger partial charge >= 0.3 is 11.9 Å². The van der Waals surface area contributed by atoms with Crippen LogP contribution in [0.25, 0.3) is 0 Å². The van der Waals surface area contributed by atoms with Crippen molar-refractivity contribution >= 4 is 11.9 Å². The maximum absolute atomic E-state index is 11.3. The lowest BCUT2D eigenvalue weighted by molar-refractivity contribution is -0.145. The third-order valence-electron chi connectivity index (χ3n) is 6.03. The molecule has 0 saturated heterocycles. The van der Waals surface area contributed by atoms with Gasteiger partial charge in [-0.2, -0.15) is 0 Å². The minimum Gasteiger partial charge on any atom is -0.480 e. The molecule has 2 aromatic rings. The Morgan fingerprint density at radius 2 is 1.26 bits per heavy atom. The van der Waals surface area contributed by atoms with Gasteiger partial charge in [-0.05, 0) is 30.0 Å². The Morgan fingerprint density at radius 1 is 0.800 bits per heavy atom. The molecule has 4 atom stereocenters. The fourth-order valence-electron chi connectivity index (χ4n) is 3.65. The fourth-order valence-corrected chi connectivity index (χ4v) is 3.65. The van der Waals surface area contributed by atoms with E-state index in [0.29, 0.717) is 13.1 Å². The number of aliphatic carboxylic acids is 2. The molecule has 198 valence electrons. The van der Waals surface area contributed by atoms with Crippen LogP contribution in [-0.2, 0) is 22.7 Å². The van der Waals surface area contributed by atoms with Gasteiger partial charge in [-0.3, -0.25) is 14.5 Å². The van der Waals surface area contributed by atoms with Crippen LogP contribution in [0.4, 0.5) is 0 Å². The van der Waals surface area contributed by atoms with Gasteiger partial charge in [0.05, 0.1) is 0 Å². The summed E-state index contributed by atoms with van der Waals surface area (Å²) >= 11 is 0. The highest BCUT2D eigenvalue weighted by molar-refractivity contribution is 5.74. The zero-order chi connectivity index (χ0) is 24.8. The van der Waals surface area contributed by atoms with Crippen LogP contribution >= 0.6 is 0 Å². The molecule has 6 nitrogen and oxygen atoms in total. The van der Waals surface area contributed by atoms with Crippen molar-refractivity contribution in [1.82, 2.24) is 10.2 Å². The molecule has 35 heavy (non-hydrogen) atoms. The van der Waals surface area contributed by atoms with Crippen molar-refractivity contribution in [3.05, 3.63) is 71.8 Å². The van der Waals surface area contributed by atoms with Crippen LogP contribution in [0.3, 0.4) is 0 Å². The first kappa shape index (κ1) is 34.5. The van der Waals surface area contributed by atoms with E-state index in [9.17, 15) is 14.7 Å². The molecule has 0 heterocycles. The van der Waals surface area contributed by atoms with Gasteiger partial charge in [0.15, 0.2) is 0 Å². The van der Waals surface area contributed by atoms with E-state index < -0.39 is 24.0 Å². The molecule has 0 fully saturated rings. The summed E-state index contributed by atoms with van der Waals surface area (Å²) in [6.07, 6.45) is 1.73. The Bertz CT molecular complexity index is 814. The van der Waals surface area contributed by atoms with Gasteiger partial charge in [0, 0.05) is 13.1 Å². The van der Waals surface area contributed by atoms with E-state index in [2.05, 4.69) is 5.32 Å². The maximum atomic E-state index is 11.3. The van der Waals surface area contributed by atoms with Gasteiger partial charge in [-0.15, -0.1) is 0 Å². The van der Waals surface area contributed by atoms with E-state index in [-0.39, 0.29) is 26.7 Å². The standard InChI is InChI=1S/C14H21NO2.C13H19NO2.2CH4/c1-4-11(2)13(14(16)17)15(3)10-12-8-6-5-7-9-12;1-3-10(2)12(13(15)16)14-9-11-7-5-4-6-8-11;;/h5-9,11,13H,4,10H2,1-3H3,(H,16,17);4-8,10,12,14H,3,9H2,1-2H3,(H,15,16);2*1H4/t11-,13-;10-,12-;;/m00../s1. The molecular formula is C29H48N2O4. The van der Waals surface area contributed by atoms with Crippen LogP contribution in [0.5, 0.6) is 0 Å². The highest BCUT2D eigenvalue weighted by atomic mass is 16.4. The number of nitrogens with zero attached hydrogens (tertiary/aromatic N) is 1. The van der Waals surface area contributed by atoms with E-state index in [4.69, 9.17) is 5.11 Å². The number of carboxylic acids is 2. The smallest absolute Gasteiger partial charge is 0.321 e. The first-order chi connectivity index (χ1) is 15.7. The Kier molecular flexibility index (Phi) is 18.3. The molecule has 0 unspecified atom stereocenters.